The van der Waals surface area contributed by atoms with Gasteiger partial charge in [0.1, 0.15) is 6.61 Å². The van der Waals surface area contributed by atoms with Crippen LogP contribution in [0.3, 0.4) is 0 Å². The van der Waals surface area contributed by atoms with Crippen LogP contribution in [0.15, 0.2) is 48.6 Å². The quantitative estimate of drug-likeness (QED) is 0.0346. The molecular weight excluding hydrogens is 789 g/mol. The number of allylic oxidation sites excluding steroid dienone is 8. The molecule has 64 heavy (non-hydrogen) atoms. The molecule has 0 heterocycles. The zero-order chi connectivity index (χ0) is 46.3. The summed E-state index contributed by atoms with van der Waals surface area (Å²) in [6, 6.07) is 0. The molecule has 5 heteroatoms. The molecule has 0 rings (SSSR count). The Labute approximate surface area is 399 Å². The van der Waals surface area contributed by atoms with E-state index in [4.69, 9.17) is 14.2 Å². The molecule has 0 N–H and O–H groups in total. The molecule has 0 amide bonds. The van der Waals surface area contributed by atoms with Gasteiger partial charge in [0, 0.05) is 19.4 Å². The Morgan fingerprint density at radius 1 is 0.344 bits per heavy atom. The SMILES string of the molecule is CCCCC/C=C\C/C=C\CCCCCCCCCCCC(=O)OCC(COCCCCCCCCCC/C=C\C/C=C\CCCCC)OC(=O)CCCCCCCCCCCCC. The highest BCUT2D eigenvalue weighted by molar-refractivity contribution is 5.70. The summed E-state index contributed by atoms with van der Waals surface area (Å²) in [6.45, 7) is 7.80. The lowest BCUT2D eigenvalue weighted by Crippen LogP contribution is -2.30. The zero-order valence-electron chi connectivity index (χ0n) is 43.1. The Morgan fingerprint density at radius 2 is 0.656 bits per heavy atom. The minimum Gasteiger partial charge on any atom is -0.462 e. The largest absolute Gasteiger partial charge is 0.462 e. The van der Waals surface area contributed by atoms with Gasteiger partial charge < -0.3 is 14.2 Å². The van der Waals surface area contributed by atoms with Gasteiger partial charge in [-0.25, -0.2) is 0 Å². The molecule has 0 aromatic rings. The van der Waals surface area contributed by atoms with Crippen LogP contribution in [0.4, 0.5) is 0 Å². The zero-order valence-corrected chi connectivity index (χ0v) is 43.1. The van der Waals surface area contributed by atoms with Gasteiger partial charge in [-0.15, -0.1) is 0 Å². The molecule has 0 bridgehead atoms. The van der Waals surface area contributed by atoms with Crippen LogP contribution >= 0.6 is 0 Å². The molecule has 0 fully saturated rings. The topological polar surface area (TPSA) is 61.8 Å². The Bertz CT molecular complexity index is 1060. The monoisotopic (exact) mass is 897 g/mol. The Kier molecular flexibility index (Phi) is 53.3. The number of hydrogen-bond donors (Lipinski definition) is 0. The smallest absolute Gasteiger partial charge is 0.306 e. The first kappa shape index (κ1) is 61.9. The normalized spacial score (nSPS) is 12.5. The first-order valence-corrected chi connectivity index (χ1v) is 28.2. The van der Waals surface area contributed by atoms with Gasteiger partial charge in [0.2, 0.25) is 0 Å². The minimum absolute atomic E-state index is 0.0841. The van der Waals surface area contributed by atoms with Crippen LogP contribution in [-0.4, -0.2) is 37.9 Å². The highest BCUT2D eigenvalue weighted by Gasteiger charge is 2.17. The third-order valence-corrected chi connectivity index (χ3v) is 12.3. The van der Waals surface area contributed by atoms with Crippen molar-refractivity contribution in [2.75, 3.05) is 19.8 Å². The van der Waals surface area contributed by atoms with Crippen LogP contribution in [0.2, 0.25) is 0 Å². The lowest BCUT2D eigenvalue weighted by Gasteiger charge is -2.18. The Hall–Kier alpha value is -2.14. The van der Waals surface area contributed by atoms with Crippen molar-refractivity contribution in [1.29, 1.82) is 0 Å². The van der Waals surface area contributed by atoms with E-state index in [-0.39, 0.29) is 25.2 Å². The second kappa shape index (κ2) is 55.2. The van der Waals surface area contributed by atoms with E-state index in [0.29, 0.717) is 19.4 Å². The van der Waals surface area contributed by atoms with E-state index < -0.39 is 6.10 Å². The van der Waals surface area contributed by atoms with Gasteiger partial charge in [-0.05, 0) is 83.5 Å². The maximum absolute atomic E-state index is 12.8. The summed E-state index contributed by atoms with van der Waals surface area (Å²) in [7, 11) is 0. The molecule has 1 unspecified atom stereocenters. The van der Waals surface area contributed by atoms with Gasteiger partial charge in [-0.2, -0.15) is 0 Å². The van der Waals surface area contributed by atoms with E-state index in [2.05, 4.69) is 69.4 Å². The summed E-state index contributed by atoms with van der Waals surface area (Å²) >= 11 is 0. The summed E-state index contributed by atoms with van der Waals surface area (Å²) in [5.41, 5.74) is 0. The van der Waals surface area contributed by atoms with Gasteiger partial charge in [-0.3, -0.25) is 9.59 Å². The Balaban J connectivity index is 4.20. The average Bonchev–Trinajstić information content (AvgIpc) is 3.30. The van der Waals surface area contributed by atoms with E-state index >= 15 is 0 Å². The molecule has 0 saturated heterocycles. The van der Waals surface area contributed by atoms with Gasteiger partial charge in [0.05, 0.1) is 6.61 Å². The predicted molar refractivity (Wildman–Crippen MR) is 279 cm³/mol. The number of hydrogen-bond acceptors (Lipinski definition) is 5. The second-order valence-corrected chi connectivity index (χ2v) is 18.8. The predicted octanol–water partition coefficient (Wildman–Crippen LogP) is 19.1. The third kappa shape index (κ3) is 52.5. The number of ether oxygens (including phenoxy) is 3. The maximum atomic E-state index is 12.8. The molecule has 0 aliphatic rings. The molecule has 0 aromatic heterocycles. The van der Waals surface area contributed by atoms with E-state index in [1.165, 1.54) is 205 Å². The van der Waals surface area contributed by atoms with Crippen molar-refractivity contribution < 1.29 is 23.8 Å². The summed E-state index contributed by atoms with van der Waals surface area (Å²) in [5, 5.41) is 0. The van der Waals surface area contributed by atoms with Crippen molar-refractivity contribution in [1.82, 2.24) is 0 Å². The van der Waals surface area contributed by atoms with Crippen molar-refractivity contribution in [3.05, 3.63) is 48.6 Å². The molecule has 0 spiro atoms. The lowest BCUT2D eigenvalue weighted by atomic mass is 10.1. The number of unbranched alkanes of at least 4 members (excludes halogenated alkanes) is 33. The standard InChI is InChI=1S/C59H108O5/c1-4-7-10-13-16-19-22-24-26-28-30-31-33-35-38-40-43-46-49-52-58(60)63-56-57(64-59(61)53-50-47-44-41-37-21-18-15-12-9-6-3)55-62-54-51-48-45-42-39-36-34-32-29-27-25-23-20-17-14-11-8-5-2/h16-17,19-20,24-27,57H,4-15,18,21-23,28-56H2,1-3H3/b19-16-,20-17-,26-24-,27-25-. The average molecular weight is 898 g/mol. The molecule has 1 atom stereocenters. The van der Waals surface area contributed by atoms with Crippen molar-refractivity contribution in [2.24, 2.45) is 0 Å². The van der Waals surface area contributed by atoms with Gasteiger partial charge in [0.25, 0.3) is 0 Å². The van der Waals surface area contributed by atoms with Crippen molar-refractivity contribution in [3.8, 4) is 0 Å². The van der Waals surface area contributed by atoms with Crippen LogP contribution < -0.4 is 0 Å². The molecule has 374 valence electrons. The van der Waals surface area contributed by atoms with E-state index in [1.54, 1.807) is 0 Å². The van der Waals surface area contributed by atoms with Crippen LogP contribution in [-0.2, 0) is 23.8 Å². The molecule has 0 saturated carbocycles. The van der Waals surface area contributed by atoms with Crippen molar-refractivity contribution in [3.63, 3.8) is 0 Å². The van der Waals surface area contributed by atoms with Crippen LogP contribution in [0, 0.1) is 0 Å². The minimum atomic E-state index is -0.538. The molecule has 0 aromatic carbocycles. The maximum Gasteiger partial charge on any atom is 0.306 e. The highest BCUT2D eigenvalue weighted by atomic mass is 16.6. The first-order valence-electron chi connectivity index (χ1n) is 28.2. The second-order valence-electron chi connectivity index (χ2n) is 18.8. The number of carbonyl (C=O) groups excluding carboxylic acids is 2. The van der Waals surface area contributed by atoms with E-state index in [9.17, 15) is 9.59 Å². The molecule has 0 radical (unpaired) electrons. The molecule has 0 aliphatic heterocycles. The van der Waals surface area contributed by atoms with Gasteiger partial charge in [0.15, 0.2) is 6.10 Å². The fourth-order valence-corrected chi connectivity index (χ4v) is 8.10. The van der Waals surface area contributed by atoms with E-state index in [1.807, 2.05) is 0 Å². The summed E-state index contributed by atoms with van der Waals surface area (Å²) in [5.74, 6) is -0.393. The summed E-state index contributed by atoms with van der Waals surface area (Å²) < 4.78 is 17.4. The van der Waals surface area contributed by atoms with Crippen LogP contribution in [0.1, 0.15) is 290 Å². The third-order valence-electron chi connectivity index (χ3n) is 12.3. The molecule has 0 aliphatic carbocycles. The lowest BCUT2D eigenvalue weighted by molar-refractivity contribution is -0.163. The number of carbonyl (C=O) groups is 2. The van der Waals surface area contributed by atoms with Crippen LogP contribution in [0.25, 0.3) is 0 Å². The number of rotatable bonds is 52. The fraction of sp³-hybridized carbons (Fsp3) is 0.831. The molecule has 5 nitrogen and oxygen atoms in total. The highest BCUT2D eigenvalue weighted by Crippen LogP contribution is 2.15. The first-order chi connectivity index (χ1) is 31.6. The Morgan fingerprint density at radius 3 is 1.06 bits per heavy atom. The van der Waals surface area contributed by atoms with Crippen molar-refractivity contribution in [2.45, 2.75) is 297 Å². The van der Waals surface area contributed by atoms with E-state index in [0.717, 1.165) is 51.4 Å². The van der Waals surface area contributed by atoms with Gasteiger partial charge >= 0.3 is 11.9 Å². The number of esters is 2. The van der Waals surface area contributed by atoms with Crippen molar-refractivity contribution >= 4 is 11.9 Å². The summed E-state index contributed by atoms with van der Waals surface area (Å²) in [4.78, 5) is 25.4. The van der Waals surface area contributed by atoms with Crippen LogP contribution in [0.5, 0.6) is 0 Å². The summed E-state index contributed by atoms with van der Waals surface area (Å²) in [6.07, 6.45) is 68.4. The van der Waals surface area contributed by atoms with Gasteiger partial charge in [-0.1, -0.05) is 243 Å². The fourth-order valence-electron chi connectivity index (χ4n) is 8.10. The molecular formula is C59H108O5.